The fourth-order valence-corrected chi connectivity index (χ4v) is 4.03. The average Bonchev–Trinajstić information content (AvgIpc) is 3.63. The molecule has 2 aliphatic rings. The van der Waals surface area contributed by atoms with Crippen LogP contribution < -0.4 is 14.2 Å². The predicted molar refractivity (Wildman–Crippen MR) is 131 cm³/mol. The summed E-state index contributed by atoms with van der Waals surface area (Å²) < 4.78 is 22.4. The molecule has 9 heteroatoms. The Morgan fingerprint density at radius 2 is 1.94 bits per heavy atom. The Bertz CT molecular complexity index is 1100. The van der Waals surface area contributed by atoms with Gasteiger partial charge in [0.1, 0.15) is 25.1 Å². The van der Waals surface area contributed by atoms with Crippen LogP contribution in [0, 0.1) is 0 Å². The number of benzene rings is 2. The zero-order chi connectivity index (χ0) is 25.5. The van der Waals surface area contributed by atoms with Crippen molar-refractivity contribution in [2.75, 3.05) is 40.0 Å². The number of carboxylic acid groups (broad SMARTS) is 1. The SMILES string of the molecule is COc1cc(C=CC(=O)N2CC2)ccc1OC[C@H](O)COc1cccc(CC2(C(=O)O)CCCO2)c1. The Labute approximate surface area is 209 Å². The van der Waals surface area contributed by atoms with E-state index in [1.54, 1.807) is 47.4 Å². The first-order chi connectivity index (χ1) is 17.4. The minimum absolute atomic E-state index is 0.00816. The van der Waals surface area contributed by atoms with Crippen molar-refractivity contribution < 1.29 is 38.7 Å². The number of carbonyl (C=O) groups excluding carboxylic acids is 1. The number of hydrogen-bond acceptors (Lipinski definition) is 7. The van der Waals surface area contributed by atoms with Gasteiger partial charge in [0.25, 0.3) is 0 Å². The first-order valence-electron chi connectivity index (χ1n) is 11.9. The van der Waals surface area contributed by atoms with E-state index in [4.69, 9.17) is 18.9 Å². The number of aliphatic hydroxyl groups excluding tert-OH is 1. The molecule has 0 spiro atoms. The van der Waals surface area contributed by atoms with Gasteiger partial charge in [-0.3, -0.25) is 4.79 Å². The highest BCUT2D eigenvalue weighted by Gasteiger charge is 2.42. The number of ether oxygens (including phenoxy) is 4. The number of aliphatic carboxylic acids is 1. The third-order valence-corrected chi connectivity index (χ3v) is 6.12. The zero-order valence-corrected chi connectivity index (χ0v) is 20.2. The molecule has 2 aliphatic heterocycles. The number of aliphatic hydroxyl groups is 1. The lowest BCUT2D eigenvalue weighted by atomic mass is 9.91. The number of amides is 1. The zero-order valence-electron chi connectivity index (χ0n) is 20.2. The van der Waals surface area contributed by atoms with Gasteiger partial charge >= 0.3 is 5.97 Å². The summed E-state index contributed by atoms with van der Waals surface area (Å²) >= 11 is 0. The Balaban J connectivity index is 1.28. The third kappa shape index (κ3) is 6.56. The van der Waals surface area contributed by atoms with Gasteiger partial charge in [-0.05, 0) is 54.3 Å². The molecule has 4 rings (SSSR count). The van der Waals surface area contributed by atoms with Gasteiger partial charge in [-0.25, -0.2) is 4.79 Å². The van der Waals surface area contributed by atoms with Gasteiger partial charge in [-0.2, -0.15) is 0 Å². The molecule has 0 aliphatic carbocycles. The lowest BCUT2D eigenvalue weighted by molar-refractivity contribution is -0.159. The van der Waals surface area contributed by atoms with E-state index in [0.29, 0.717) is 30.3 Å². The molecule has 2 saturated heterocycles. The molecule has 2 fully saturated rings. The van der Waals surface area contributed by atoms with E-state index in [2.05, 4.69) is 0 Å². The summed E-state index contributed by atoms with van der Waals surface area (Å²) in [6, 6.07) is 12.4. The van der Waals surface area contributed by atoms with E-state index in [9.17, 15) is 19.8 Å². The van der Waals surface area contributed by atoms with Gasteiger partial charge < -0.3 is 34.1 Å². The van der Waals surface area contributed by atoms with E-state index in [1.165, 1.54) is 13.2 Å². The fourth-order valence-electron chi connectivity index (χ4n) is 4.03. The highest BCUT2D eigenvalue weighted by Crippen LogP contribution is 2.31. The normalized spacial score (nSPS) is 19.8. The number of nitrogens with zero attached hydrogens (tertiary/aromatic N) is 1. The second kappa shape index (κ2) is 11.5. The summed E-state index contributed by atoms with van der Waals surface area (Å²) in [7, 11) is 1.52. The summed E-state index contributed by atoms with van der Waals surface area (Å²) in [6.45, 7) is 2.02. The van der Waals surface area contributed by atoms with Crippen LogP contribution in [-0.2, 0) is 20.7 Å². The van der Waals surface area contributed by atoms with Crippen LogP contribution in [0.15, 0.2) is 48.5 Å². The average molecular weight is 498 g/mol. The van der Waals surface area contributed by atoms with Gasteiger partial charge in [0.15, 0.2) is 17.1 Å². The number of carboxylic acids is 1. The molecule has 0 bridgehead atoms. The molecule has 192 valence electrons. The largest absolute Gasteiger partial charge is 0.493 e. The molecule has 2 atom stereocenters. The van der Waals surface area contributed by atoms with Gasteiger partial charge in [0.2, 0.25) is 5.91 Å². The van der Waals surface area contributed by atoms with Gasteiger partial charge in [0.05, 0.1) is 7.11 Å². The van der Waals surface area contributed by atoms with Gasteiger partial charge in [-0.1, -0.05) is 18.2 Å². The smallest absolute Gasteiger partial charge is 0.336 e. The molecule has 2 N–H and O–H groups in total. The topological polar surface area (TPSA) is 115 Å². The second-order valence-corrected chi connectivity index (χ2v) is 8.92. The standard InChI is InChI=1S/C27H31NO8/c1-33-24-15-19(7-9-25(30)28-11-12-28)6-8-23(24)35-18-21(29)17-34-22-5-2-4-20(14-22)16-27(26(31)32)10-3-13-36-27/h2,4-9,14-15,21,29H,3,10-13,16-18H2,1H3,(H,31,32)/t21-,27?/m1/s1. The van der Waals surface area contributed by atoms with Crippen LogP contribution in [0.1, 0.15) is 24.0 Å². The molecule has 2 heterocycles. The maximum Gasteiger partial charge on any atom is 0.336 e. The first-order valence-corrected chi connectivity index (χ1v) is 11.9. The van der Waals surface area contributed by atoms with Crippen LogP contribution in [0.25, 0.3) is 6.08 Å². The molecule has 2 aromatic carbocycles. The quantitative estimate of drug-likeness (QED) is 0.340. The van der Waals surface area contributed by atoms with Crippen molar-refractivity contribution in [1.29, 1.82) is 0 Å². The predicted octanol–water partition coefficient (Wildman–Crippen LogP) is 2.55. The minimum Gasteiger partial charge on any atom is -0.493 e. The molecule has 9 nitrogen and oxygen atoms in total. The number of carbonyl (C=O) groups is 2. The Kier molecular flexibility index (Phi) is 8.12. The lowest BCUT2D eigenvalue weighted by Crippen LogP contribution is -2.40. The number of hydrogen-bond donors (Lipinski definition) is 2. The third-order valence-electron chi connectivity index (χ3n) is 6.12. The van der Waals surface area contributed by atoms with Crippen molar-refractivity contribution in [1.82, 2.24) is 4.90 Å². The van der Waals surface area contributed by atoms with Crippen molar-refractivity contribution in [3.8, 4) is 17.2 Å². The van der Waals surface area contributed by atoms with E-state index >= 15 is 0 Å². The van der Waals surface area contributed by atoms with Crippen LogP contribution in [0.3, 0.4) is 0 Å². The van der Waals surface area contributed by atoms with Crippen molar-refractivity contribution >= 4 is 18.0 Å². The fraction of sp³-hybridized carbons (Fsp3) is 0.407. The molecule has 2 aromatic rings. The molecule has 1 unspecified atom stereocenters. The highest BCUT2D eigenvalue weighted by molar-refractivity contribution is 5.93. The van der Waals surface area contributed by atoms with Crippen molar-refractivity contribution in [3.05, 3.63) is 59.7 Å². The minimum atomic E-state index is -1.19. The second-order valence-electron chi connectivity index (χ2n) is 8.92. The summed E-state index contributed by atoms with van der Waals surface area (Å²) in [5.41, 5.74) is 0.393. The van der Waals surface area contributed by atoms with E-state index in [-0.39, 0.29) is 25.5 Å². The molecule has 1 amide bonds. The van der Waals surface area contributed by atoms with Crippen LogP contribution in [0.4, 0.5) is 0 Å². The summed E-state index contributed by atoms with van der Waals surface area (Å²) in [4.78, 5) is 25.3. The molecule has 0 saturated carbocycles. The maximum atomic E-state index is 11.8. The maximum absolute atomic E-state index is 11.8. The van der Waals surface area contributed by atoms with E-state index in [0.717, 1.165) is 30.6 Å². The first kappa shape index (κ1) is 25.5. The van der Waals surface area contributed by atoms with E-state index < -0.39 is 17.7 Å². The molecule has 36 heavy (non-hydrogen) atoms. The van der Waals surface area contributed by atoms with Crippen molar-refractivity contribution in [3.63, 3.8) is 0 Å². The Morgan fingerprint density at radius 3 is 2.64 bits per heavy atom. The lowest BCUT2D eigenvalue weighted by Gasteiger charge is -2.23. The molecular formula is C27H31NO8. The van der Waals surface area contributed by atoms with Crippen LogP contribution in [0.5, 0.6) is 17.2 Å². The molecule has 0 radical (unpaired) electrons. The number of methoxy groups -OCH3 is 1. The summed E-state index contributed by atoms with van der Waals surface area (Å²) in [5, 5.41) is 20.0. The van der Waals surface area contributed by atoms with E-state index in [1.807, 2.05) is 6.07 Å². The Morgan fingerprint density at radius 1 is 1.14 bits per heavy atom. The Hall–Kier alpha value is -3.56. The summed E-state index contributed by atoms with van der Waals surface area (Å²) in [5.74, 6) is 0.498. The van der Waals surface area contributed by atoms with Crippen molar-refractivity contribution in [2.45, 2.75) is 31.0 Å². The summed E-state index contributed by atoms with van der Waals surface area (Å²) in [6.07, 6.45) is 3.79. The van der Waals surface area contributed by atoms with Gasteiger partial charge in [-0.15, -0.1) is 0 Å². The molecular weight excluding hydrogens is 466 g/mol. The highest BCUT2D eigenvalue weighted by atomic mass is 16.5. The van der Waals surface area contributed by atoms with Crippen LogP contribution in [0.2, 0.25) is 0 Å². The van der Waals surface area contributed by atoms with Crippen LogP contribution >= 0.6 is 0 Å². The number of rotatable bonds is 12. The monoisotopic (exact) mass is 497 g/mol. The van der Waals surface area contributed by atoms with Gasteiger partial charge in [0, 0.05) is 32.2 Å². The molecule has 0 aromatic heterocycles. The van der Waals surface area contributed by atoms with Crippen molar-refractivity contribution in [2.24, 2.45) is 0 Å². The van der Waals surface area contributed by atoms with Crippen LogP contribution in [-0.4, -0.2) is 78.7 Å².